The van der Waals surface area contributed by atoms with Crippen molar-refractivity contribution in [2.75, 3.05) is 12.4 Å². The van der Waals surface area contributed by atoms with Crippen LogP contribution in [-0.4, -0.2) is 23.3 Å². The van der Waals surface area contributed by atoms with Crippen molar-refractivity contribution in [2.24, 2.45) is 0 Å². The smallest absolute Gasteiger partial charge is 0.319 e. The Morgan fingerprint density at radius 1 is 1.30 bits per heavy atom. The van der Waals surface area contributed by atoms with Gasteiger partial charge in [-0.1, -0.05) is 0 Å². The van der Waals surface area contributed by atoms with Crippen LogP contribution in [0.1, 0.15) is 29.2 Å². The summed E-state index contributed by atoms with van der Waals surface area (Å²) < 4.78 is 5.56. The molecule has 0 bridgehead atoms. The average Bonchev–Trinajstić information content (AvgIpc) is 3.01. The van der Waals surface area contributed by atoms with Crippen LogP contribution in [0.4, 0.5) is 9.80 Å². The van der Waals surface area contributed by atoms with Crippen molar-refractivity contribution in [1.82, 2.24) is 15.5 Å². The van der Waals surface area contributed by atoms with Gasteiger partial charge in [0.2, 0.25) is 5.89 Å². The maximum absolute atomic E-state index is 11.6. The van der Waals surface area contributed by atoms with Gasteiger partial charge in [0.15, 0.2) is 0 Å². The number of anilines is 1. The summed E-state index contributed by atoms with van der Waals surface area (Å²) in [5.41, 5.74) is 2.14. The molecule has 0 saturated carbocycles. The first-order chi connectivity index (χ1) is 9.69. The van der Waals surface area contributed by atoms with Crippen molar-refractivity contribution >= 4 is 22.4 Å². The summed E-state index contributed by atoms with van der Waals surface area (Å²) in [5.74, 6) is 1.02. The lowest BCUT2D eigenvalue weighted by atomic mass is 9.95. The molecule has 2 N–H and O–H groups in total. The van der Waals surface area contributed by atoms with E-state index in [1.165, 1.54) is 16.9 Å². The second-order valence-electron chi connectivity index (χ2n) is 4.75. The Bertz CT molecular complexity index is 647. The zero-order valence-electron chi connectivity index (χ0n) is 11.4. The summed E-state index contributed by atoms with van der Waals surface area (Å²) in [6, 6.07) is -0.235. The summed E-state index contributed by atoms with van der Waals surface area (Å²) in [6.45, 7) is 1.77. The van der Waals surface area contributed by atoms with Crippen molar-refractivity contribution in [2.45, 2.75) is 32.6 Å². The molecule has 2 amide bonds. The zero-order valence-corrected chi connectivity index (χ0v) is 12.3. The number of hydrogen-bond donors (Lipinski definition) is 2. The lowest BCUT2D eigenvalue weighted by Gasteiger charge is -2.11. The van der Waals surface area contributed by atoms with Crippen LogP contribution in [0.3, 0.4) is 0 Å². The van der Waals surface area contributed by atoms with Gasteiger partial charge in [-0.3, -0.25) is 5.32 Å². The fraction of sp³-hybridized carbons (Fsp3) is 0.462. The largest absolute Gasteiger partial charge is 0.421 e. The second kappa shape index (κ2) is 5.24. The van der Waals surface area contributed by atoms with Gasteiger partial charge >= 0.3 is 6.03 Å². The number of nitrogens with zero attached hydrogens (tertiary/aromatic N) is 2. The van der Waals surface area contributed by atoms with E-state index in [-0.39, 0.29) is 6.03 Å². The first kappa shape index (κ1) is 13.1. The molecule has 3 rings (SSSR count). The normalized spacial score (nSPS) is 13.9. The number of aromatic nitrogens is 2. The highest BCUT2D eigenvalue weighted by Gasteiger charge is 2.25. The molecule has 0 aliphatic heterocycles. The van der Waals surface area contributed by atoms with Crippen LogP contribution in [0.5, 0.6) is 0 Å². The van der Waals surface area contributed by atoms with Crippen molar-refractivity contribution < 1.29 is 9.21 Å². The Kier molecular flexibility index (Phi) is 3.43. The Hall–Kier alpha value is -1.89. The van der Waals surface area contributed by atoms with Crippen LogP contribution in [0.2, 0.25) is 0 Å². The highest BCUT2D eigenvalue weighted by Crippen LogP contribution is 2.43. The highest BCUT2D eigenvalue weighted by molar-refractivity contribution is 7.17. The molecule has 0 saturated heterocycles. The molecule has 2 aromatic heterocycles. The van der Waals surface area contributed by atoms with Gasteiger partial charge in [0.1, 0.15) is 5.00 Å². The molecule has 106 valence electrons. The molecule has 0 fully saturated rings. The van der Waals surface area contributed by atoms with E-state index in [1.807, 2.05) is 0 Å². The molecule has 7 heteroatoms. The van der Waals surface area contributed by atoms with Crippen LogP contribution in [0, 0.1) is 6.92 Å². The predicted molar refractivity (Wildman–Crippen MR) is 77.1 cm³/mol. The Labute approximate surface area is 120 Å². The molecule has 1 aliphatic carbocycles. The Morgan fingerprint density at radius 2 is 2.10 bits per heavy atom. The maximum Gasteiger partial charge on any atom is 0.319 e. The minimum Gasteiger partial charge on any atom is -0.421 e. The van der Waals surface area contributed by atoms with E-state index in [0.717, 1.165) is 29.8 Å². The summed E-state index contributed by atoms with van der Waals surface area (Å²) in [7, 11) is 1.60. The van der Waals surface area contributed by atoms with Gasteiger partial charge in [-0.15, -0.1) is 21.5 Å². The number of amides is 2. The summed E-state index contributed by atoms with van der Waals surface area (Å²) in [5, 5.41) is 14.2. The SMILES string of the molecule is CNC(=O)Nc1sc2c(c1-c1nnc(C)o1)CCCC2. The molecule has 0 aromatic carbocycles. The molecule has 0 unspecified atom stereocenters. The van der Waals surface area contributed by atoms with Gasteiger partial charge in [0.25, 0.3) is 5.89 Å². The standard InChI is InChI=1S/C13H16N4O2S/c1-7-16-17-11(19-7)10-8-5-3-4-6-9(8)20-12(10)15-13(18)14-2/h3-6H2,1-2H3,(H2,14,15,18). The monoisotopic (exact) mass is 292 g/mol. The fourth-order valence-electron chi connectivity index (χ4n) is 2.44. The average molecular weight is 292 g/mol. The lowest BCUT2D eigenvalue weighted by Crippen LogP contribution is -2.24. The van der Waals surface area contributed by atoms with E-state index in [1.54, 1.807) is 25.3 Å². The van der Waals surface area contributed by atoms with E-state index in [4.69, 9.17) is 4.42 Å². The minimum atomic E-state index is -0.235. The molecular weight excluding hydrogens is 276 g/mol. The lowest BCUT2D eigenvalue weighted by molar-refractivity contribution is 0.254. The minimum absolute atomic E-state index is 0.235. The summed E-state index contributed by atoms with van der Waals surface area (Å²) >= 11 is 1.61. The Balaban J connectivity index is 2.08. The van der Waals surface area contributed by atoms with Gasteiger partial charge < -0.3 is 9.73 Å². The number of nitrogens with one attached hydrogen (secondary N) is 2. The van der Waals surface area contributed by atoms with Crippen molar-refractivity contribution in [3.8, 4) is 11.5 Å². The van der Waals surface area contributed by atoms with Crippen LogP contribution >= 0.6 is 11.3 Å². The Morgan fingerprint density at radius 3 is 2.80 bits per heavy atom. The maximum atomic E-state index is 11.6. The number of carbonyl (C=O) groups excluding carboxylic acids is 1. The van der Waals surface area contributed by atoms with Crippen LogP contribution < -0.4 is 10.6 Å². The van der Waals surface area contributed by atoms with Crippen LogP contribution in [0.15, 0.2) is 4.42 Å². The molecule has 0 atom stereocenters. The number of hydrogen-bond acceptors (Lipinski definition) is 5. The quantitative estimate of drug-likeness (QED) is 0.892. The first-order valence-corrected chi connectivity index (χ1v) is 7.44. The zero-order chi connectivity index (χ0) is 14.1. The number of thiophene rings is 1. The van der Waals surface area contributed by atoms with Gasteiger partial charge in [0.05, 0.1) is 5.56 Å². The van der Waals surface area contributed by atoms with Crippen molar-refractivity contribution in [1.29, 1.82) is 0 Å². The van der Waals surface area contributed by atoms with Gasteiger partial charge in [-0.05, 0) is 31.2 Å². The first-order valence-electron chi connectivity index (χ1n) is 6.62. The molecule has 1 aliphatic rings. The highest BCUT2D eigenvalue weighted by atomic mass is 32.1. The van der Waals surface area contributed by atoms with E-state index in [0.29, 0.717) is 11.8 Å². The molecule has 6 nitrogen and oxygen atoms in total. The number of rotatable bonds is 2. The molecule has 2 aromatic rings. The number of carbonyl (C=O) groups is 1. The molecule has 0 radical (unpaired) electrons. The predicted octanol–water partition coefficient (Wildman–Crippen LogP) is 2.74. The molecule has 0 spiro atoms. The van der Waals surface area contributed by atoms with E-state index < -0.39 is 0 Å². The van der Waals surface area contributed by atoms with Gasteiger partial charge in [-0.25, -0.2) is 4.79 Å². The molecular formula is C13H16N4O2S. The van der Waals surface area contributed by atoms with Crippen molar-refractivity contribution in [3.05, 3.63) is 16.3 Å². The van der Waals surface area contributed by atoms with Gasteiger partial charge in [0, 0.05) is 18.8 Å². The van der Waals surface area contributed by atoms with E-state index in [2.05, 4.69) is 20.8 Å². The fourth-order valence-corrected chi connectivity index (χ4v) is 3.72. The third-order valence-electron chi connectivity index (χ3n) is 3.37. The van der Waals surface area contributed by atoms with E-state index in [9.17, 15) is 4.79 Å². The second-order valence-corrected chi connectivity index (χ2v) is 5.85. The topological polar surface area (TPSA) is 80.0 Å². The van der Waals surface area contributed by atoms with E-state index >= 15 is 0 Å². The van der Waals surface area contributed by atoms with Crippen LogP contribution in [-0.2, 0) is 12.8 Å². The summed E-state index contributed by atoms with van der Waals surface area (Å²) in [4.78, 5) is 12.9. The van der Waals surface area contributed by atoms with Gasteiger partial charge in [-0.2, -0.15) is 0 Å². The van der Waals surface area contributed by atoms with Crippen molar-refractivity contribution in [3.63, 3.8) is 0 Å². The third kappa shape index (κ3) is 2.29. The number of fused-ring (bicyclic) bond motifs is 1. The number of aryl methyl sites for hydroxylation is 2. The third-order valence-corrected chi connectivity index (χ3v) is 4.57. The molecule has 2 heterocycles. The van der Waals surface area contributed by atoms with Crippen LogP contribution in [0.25, 0.3) is 11.5 Å². The summed E-state index contributed by atoms with van der Waals surface area (Å²) in [6.07, 6.45) is 4.39. The molecule has 20 heavy (non-hydrogen) atoms. The number of urea groups is 1.